The molecule has 7 heteroatoms. The average Bonchev–Trinajstić information content (AvgIpc) is 2.28. The summed E-state index contributed by atoms with van der Waals surface area (Å²) < 4.78 is 0. The second-order valence-corrected chi connectivity index (χ2v) is 3.34. The van der Waals surface area contributed by atoms with Crippen LogP contribution in [0.3, 0.4) is 0 Å². The first kappa shape index (κ1) is 10.8. The summed E-state index contributed by atoms with van der Waals surface area (Å²) in [7, 11) is 0. The van der Waals surface area contributed by atoms with Gasteiger partial charge in [-0.1, -0.05) is 5.11 Å². The van der Waals surface area contributed by atoms with Crippen LogP contribution in [0.4, 0.5) is 5.69 Å². The molecule has 0 saturated heterocycles. The first-order chi connectivity index (χ1) is 8.13. The Kier molecular flexibility index (Phi) is 2.60. The van der Waals surface area contributed by atoms with E-state index < -0.39 is 5.97 Å². The number of nitrogens with zero attached hydrogens (tertiary/aromatic N) is 5. The average molecular weight is 229 g/mol. The Balaban J connectivity index is 2.88. The lowest BCUT2D eigenvalue weighted by Crippen LogP contribution is -1.99. The minimum Gasteiger partial charge on any atom is -0.478 e. The molecule has 2 aromatic heterocycles. The number of carboxylic acids is 1. The van der Waals surface area contributed by atoms with Crippen LogP contribution in [0.25, 0.3) is 21.5 Å². The molecule has 0 aliphatic carbocycles. The number of fused-ring (bicyclic) bond motifs is 1. The van der Waals surface area contributed by atoms with Crippen LogP contribution in [0.5, 0.6) is 0 Å². The van der Waals surface area contributed by atoms with Crippen LogP contribution in [-0.4, -0.2) is 21.0 Å². The number of carboxylic acid groups (broad SMARTS) is 1. The number of rotatable bonds is 2. The van der Waals surface area contributed by atoms with Gasteiger partial charge in [0.15, 0.2) is 5.65 Å². The zero-order chi connectivity index (χ0) is 12.4. The molecule has 7 nitrogen and oxygen atoms in total. The second-order valence-electron chi connectivity index (χ2n) is 3.34. The second kappa shape index (κ2) is 4.07. The predicted molar refractivity (Wildman–Crippen MR) is 60.0 cm³/mol. The molecule has 0 radical (unpaired) electrons. The highest BCUT2D eigenvalue weighted by Gasteiger charge is 2.13. The van der Waals surface area contributed by atoms with Crippen molar-refractivity contribution in [2.45, 2.75) is 6.92 Å². The van der Waals surface area contributed by atoms with Crippen LogP contribution >= 0.6 is 0 Å². The number of azide groups is 1. The van der Waals surface area contributed by atoms with Crippen LogP contribution in [0.1, 0.15) is 16.1 Å². The number of aryl methyl sites for hydroxylation is 1. The van der Waals surface area contributed by atoms with E-state index in [1.165, 1.54) is 0 Å². The van der Waals surface area contributed by atoms with Crippen molar-refractivity contribution in [3.63, 3.8) is 0 Å². The highest BCUT2D eigenvalue weighted by atomic mass is 16.4. The van der Waals surface area contributed by atoms with Gasteiger partial charge in [0.1, 0.15) is 0 Å². The lowest BCUT2D eigenvalue weighted by Gasteiger charge is -2.04. The maximum atomic E-state index is 11.0. The van der Waals surface area contributed by atoms with Crippen LogP contribution in [0.15, 0.2) is 23.4 Å². The van der Waals surface area contributed by atoms with Crippen LogP contribution in [-0.2, 0) is 0 Å². The summed E-state index contributed by atoms with van der Waals surface area (Å²) in [5.41, 5.74) is 9.47. The van der Waals surface area contributed by atoms with Crippen molar-refractivity contribution in [3.8, 4) is 0 Å². The summed E-state index contributed by atoms with van der Waals surface area (Å²) >= 11 is 0. The molecule has 2 rings (SSSR count). The van der Waals surface area contributed by atoms with Crippen LogP contribution < -0.4 is 0 Å². The monoisotopic (exact) mass is 229 g/mol. The van der Waals surface area contributed by atoms with E-state index in [1.54, 1.807) is 19.1 Å². The van der Waals surface area contributed by atoms with Gasteiger partial charge in [0.2, 0.25) is 0 Å². The lowest BCUT2D eigenvalue weighted by atomic mass is 10.1. The highest BCUT2D eigenvalue weighted by molar-refractivity contribution is 6.01. The van der Waals surface area contributed by atoms with Gasteiger partial charge in [0, 0.05) is 22.2 Å². The van der Waals surface area contributed by atoms with Crippen LogP contribution in [0, 0.1) is 6.92 Å². The molecule has 2 aromatic rings. The third-order valence-electron chi connectivity index (χ3n) is 2.22. The summed E-state index contributed by atoms with van der Waals surface area (Å²) in [5, 5.41) is 12.8. The Labute approximate surface area is 95.4 Å². The Morgan fingerprint density at radius 3 is 2.94 bits per heavy atom. The molecule has 0 aromatic carbocycles. The van der Waals surface area contributed by atoms with E-state index in [0.29, 0.717) is 11.0 Å². The van der Waals surface area contributed by atoms with E-state index in [0.717, 1.165) is 11.9 Å². The molecule has 0 bridgehead atoms. The molecular weight excluding hydrogens is 222 g/mol. The van der Waals surface area contributed by atoms with Crippen molar-refractivity contribution in [2.75, 3.05) is 0 Å². The zero-order valence-corrected chi connectivity index (χ0v) is 8.82. The molecule has 0 saturated carbocycles. The highest BCUT2D eigenvalue weighted by Crippen LogP contribution is 2.28. The molecule has 0 atom stereocenters. The molecular formula is C10H7N5O2. The quantitative estimate of drug-likeness (QED) is 0.484. The maximum Gasteiger partial charge on any atom is 0.337 e. The van der Waals surface area contributed by atoms with E-state index in [9.17, 15) is 4.79 Å². The largest absolute Gasteiger partial charge is 0.478 e. The molecule has 84 valence electrons. The van der Waals surface area contributed by atoms with Gasteiger partial charge in [0.25, 0.3) is 0 Å². The van der Waals surface area contributed by atoms with Gasteiger partial charge in [-0.15, -0.1) is 0 Å². The molecule has 0 aliphatic rings. The first-order valence-corrected chi connectivity index (χ1v) is 4.68. The van der Waals surface area contributed by atoms with E-state index in [-0.39, 0.29) is 11.3 Å². The number of hydrogen-bond acceptors (Lipinski definition) is 4. The SMILES string of the molecule is Cc1ccc2c(N=[N+]=[N-])c(C(=O)O)cnc2n1. The Bertz CT molecular complexity index is 661. The minimum atomic E-state index is -1.19. The fourth-order valence-electron chi connectivity index (χ4n) is 1.47. The van der Waals surface area contributed by atoms with E-state index in [2.05, 4.69) is 20.0 Å². The predicted octanol–water partition coefficient (Wildman–Crippen LogP) is 2.58. The van der Waals surface area contributed by atoms with Gasteiger partial charge in [-0.3, -0.25) is 0 Å². The zero-order valence-electron chi connectivity index (χ0n) is 8.82. The standard InChI is InChI=1S/C10H7N5O2/c1-5-2-3-6-8(14-15-11)7(10(16)17)4-12-9(6)13-5/h2-4H,1H3,(H,16,17). The number of hydrogen-bond donors (Lipinski definition) is 1. The Hall–Kier alpha value is -2.66. The number of pyridine rings is 2. The number of aromatic carboxylic acids is 1. The fourth-order valence-corrected chi connectivity index (χ4v) is 1.47. The van der Waals surface area contributed by atoms with Gasteiger partial charge in [0.05, 0.1) is 11.3 Å². The minimum absolute atomic E-state index is 0.0394. The van der Waals surface area contributed by atoms with E-state index in [4.69, 9.17) is 10.6 Å². The molecule has 17 heavy (non-hydrogen) atoms. The summed E-state index contributed by atoms with van der Waals surface area (Å²) in [6.45, 7) is 1.79. The molecule has 0 aliphatic heterocycles. The van der Waals surface area contributed by atoms with Gasteiger partial charge in [-0.05, 0) is 24.6 Å². The topological polar surface area (TPSA) is 112 Å². The van der Waals surface area contributed by atoms with Crippen molar-refractivity contribution >= 4 is 22.7 Å². The third kappa shape index (κ3) is 1.86. The summed E-state index contributed by atoms with van der Waals surface area (Å²) in [4.78, 5) is 21.7. The Morgan fingerprint density at radius 1 is 1.53 bits per heavy atom. The Morgan fingerprint density at radius 2 is 2.29 bits per heavy atom. The van der Waals surface area contributed by atoms with Crippen molar-refractivity contribution in [1.29, 1.82) is 0 Å². The lowest BCUT2D eigenvalue weighted by molar-refractivity contribution is 0.0697. The van der Waals surface area contributed by atoms with E-state index >= 15 is 0 Å². The van der Waals surface area contributed by atoms with Gasteiger partial charge < -0.3 is 5.11 Å². The number of carbonyl (C=O) groups is 1. The normalized spacial score (nSPS) is 9.94. The first-order valence-electron chi connectivity index (χ1n) is 4.68. The maximum absolute atomic E-state index is 11.0. The molecule has 0 unspecified atom stereocenters. The summed E-state index contributed by atoms with van der Waals surface area (Å²) in [6, 6.07) is 3.34. The molecule has 2 heterocycles. The van der Waals surface area contributed by atoms with Gasteiger partial charge in [-0.25, -0.2) is 14.8 Å². The van der Waals surface area contributed by atoms with Crippen molar-refractivity contribution in [3.05, 3.63) is 40.0 Å². The van der Waals surface area contributed by atoms with Crippen molar-refractivity contribution < 1.29 is 9.90 Å². The number of aromatic nitrogens is 2. The van der Waals surface area contributed by atoms with Crippen LogP contribution in [0.2, 0.25) is 0 Å². The van der Waals surface area contributed by atoms with E-state index in [1.807, 2.05) is 0 Å². The molecule has 0 fully saturated rings. The third-order valence-corrected chi connectivity index (χ3v) is 2.22. The molecule has 0 amide bonds. The van der Waals surface area contributed by atoms with Crippen molar-refractivity contribution in [2.24, 2.45) is 5.11 Å². The smallest absolute Gasteiger partial charge is 0.337 e. The summed E-state index contributed by atoms with van der Waals surface area (Å²) in [5.74, 6) is -1.19. The van der Waals surface area contributed by atoms with Gasteiger partial charge >= 0.3 is 5.97 Å². The molecule has 1 N–H and O–H groups in total. The fraction of sp³-hybridized carbons (Fsp3) is 0.100. The molecule has 0 spiro atoms. The van der Waals surface area contributed by atoms with Gasteiger partial charge in [-0.2, -0.15) is 0 Å². The summed E-state index contributed by atoms with van der Waals surface area (Å²) in [6.07, 6.45) is 1.14. The van der Waals surface area contributed by atoms with Crippen molar-refractivity contribution in [1.82, 2.24) is 9.97 Å².